The summed E-state index contributed by atoms with van der Waals surface area (Å²) in [5.74, 6) is -1.30. The van der Waals surface area contributed by atoms with Gasteiger partial charge in [-0.15, -0.1) is 0 Å². The third-order valence-corrected chi connectivity index (χ3v) is 3.08. The summed E-state index contributed by atoms with van der Waals surface area (Å²) in [6.07, 6.45) is 0. The molecule has 0 aliphatic carbocycles. The van der Waals surface area contributed by atoms with Crippen LogP contribution in [0.15, 0.2) is 36.4 Å². The number of hydrogen-bond acceptors (Lipinski definition) is 3. The first kappa shape index (κ1) is 14.8. The average molecular weight is 289 g/mol. The molecule has 2 rings (SSSR count). The number of anilines is 1. The van der Waals surface area contributed by atoms with Crippen molar-refractivity contribution in [2.75, 3.05) is 5.73 Å². The van der Waals surface area contributed by atoms with Crippen molar-refractivity contribution in [3.8, 4) is 11.5 Å². The molecule has 21 heavy (non-hydrogen) atoms. The minimum absolute atomic E-state index is 0.0729. The molecule has 0 heterocycles. The van der Waals surface area contributed by atoms with Crippen LogP contribution in [-0.4, -0.2) is 11.1 Å². The van der Waals surface area contributed by atoms with Gasteiger partial charge in [-0.05, 0) is 29.7 Å². The van der Waals surface area contributed by atoms with E-state index in [4.69, 9.17) is 15.6 Å². The van der Waals surface area contributed by atoms with E-state index in [1.807, 2.05) is 18.2 Å². The molecule has 0 aliphatic heterocycles. The van der Waals surface area contributed by atoms with Crippen LogP contribution in [0.25, 0.3) is 0 Å². The van der Waals surface area contributed by atoms with E-state index < -0.39 is 17.3 Å². The van der Waals surface area contributed by atoms with Gasteiger partial charge in [-0.3, -0.25) is 0 Å². The first-order chi connectivity index (χ1) is 9.88. The predicted octanol–water partition coefficient (Wildman–Crippen LogP) is 4.02. The third-order valence-electron chi connectivity index (χ3n) is 3.08. The number of carboxylic acid groups (broad SMARTS) is 1. The van der Waals surface area contributed by atoms with Crippen molar-refractivity contribution in [3.63, 3.8) is 0 Å². The van der Waals surface area contributed by atoms with Gasteiger partial charge in [0.05, 0.1) is 11.3 Å². The van der Waals surface area contributed by atoms with E-state index >= 15 is 0 Å². The van der Waals surface area contributed by atoms with Crippen molar-refractivity contribution < 1.29 is 19.0 Å². The van der Waals surface area contributed by atoms with Crippen LogP contribution in [-0.2, 0) is 0 Å². The number of benzene rings is 2. The molecule has 0 unspecified atom stereocenters. The largest absolute Gasteiger partial charge is 0.478 e. The second-order valence-corrected chi connectivity index (χ2v) is 5.00. The molecule has 5 heteroatoms. The number of ether oxygens (including phenoxy) is 1. The number of carboxylic acids is 1. The minimum atomic E-state index is -1.37. The van der Waals surface area contributed by atoms with Gasteiger partial charge >= 0.3 is 5.97 Å². The molecule has 0 aliphatic rings. The van der Waals surface area contributed by atoms with Crippen molar-refractivity contribution in [2.45, 2.75) is 19.8 Å². The molecule has 4 nitrogen and oxygen atoms in total. The fourth-order valence-corrected chi connectivity index (χ4v) is 1.89. The highest BCUT2D eigenvalue weighted by Crippen LogP contribution is 2.31. The Kier molecular flexibility index (Phi) is 4.12. The van der Waals surface area contributed by atoms with Crippen molar-refractivity contribution >= 4 is 11.7 Å². The van der Waals surface area contributed by atoms with Gasteiger partial charge in [0.25, 0.3) is 0 Å². The lowest BCUT2D eigenvalue weighted by Gasteiger charge is -2.12. The van der Waals surface area contributed by atoms with E-state index in [0.717, 1.165) is 17.7 Å². The van der Waals surface area contributed by atoms with Crippen LogP contribution in [0, 0.1) is 5.82 Å². The van der Waals surface area contributed by atoms with Crippen LogP contribution in [0.3, 0.4) is 0 Å². The normalized spacial score (nSPS) is 10.7. The Morgan fingerprint density at radius 2 is 2.00 bits per heavy atom. The van der Waals surface area contributed by atoms with Gasteiger partial charge in [-0.25, -0.2) is 9.18 Å². The number of aromatic carboxylic acids is 1. The lowest BCUT2D eigenvalue weighted by atomic mass is 10.0. The van der Waals surface area contributed by atoms with Crippen LogP contribution in [0.1, 0.15) is 35.7 Å². The van der Waals surface area contributed by atoms with E-state index in [1.54, 1.807) is 6.07 Å². The van der Waals surface area contributed by atoms with Crippen LogP contribution < -0.4 is 10.5 Å². The molecule has 0 radical (unpaired) electrons. The molecule has 0 saturated carbocycles. The maximum absolute atomic E-state index is 13.7. The number of nitrogen functional groups attached to an aromatic ring is 1. The zero-order chi connectivity index (χ0) is 15.6. The molecular formula is C16H16FNO3. The quantitative estimate of drug-likeness (QED) is 0.834. The molecule has 0 saturated heterocycles. The molecule has 0 bridgehead atoms. The number of rotatable bonds is 4. The summed E-state index contributed by atoms with van der Waals surface area (Å²) in [7, 11) is 0. The molecule has 110 valence electrons. The van der Waals surface area contributed by atoms with Gasteiger partial charge in [0.15, 0.2) is 5.75 Å². The molecule has 0 fully saturated rings. The van der Waals surface area contributed by atoms with E-state index in [-0.39, 0.29) is 11.4 Å². The van der Waals surface area contributed by atoms with Crippen molar-refractivity contribution in [1.29, 1.82) is 0 Å². The van der Waals surface area contributed by atoms with Gasteiger partial charge in [0, 0.05) is 6.07 Å². The van der Waals surface area contributed by atoms with Crippen molar-refractivity contribution in [1.82, 2.24) is 0 Å². The summed E-state index contributed by atoms with van der Waals surface area (Å²) in [4.78, 5) is 10.8. The van der Waals surface area contributed by atoms with Gasteiger partial charge in [0.1, 0.15) is 11.6 Å². The number of halogens is 1. The van der Waals surface area contributed by atoms with E-state index in [9.17, 15) is 9.18 Å². The van der Waals surface area contributed by atoms with Gasteiger partial charge in [-0.2, -0.15) is 0 Å². The van der Waals surface area contributed by atoms with Gasteiger partial charge < -0.3 is 15.6 Å². The van der Waals surface area contributed by atoms with Gasteiger partial charge in [-0.1, -0.05) is 26.0 Å². The predicted molar refractivity (Wildman–Crippen MR) is 78.4 cm³/mol. The summed E-state index contributed by atoms with van der Waals surface area (Å²) in [5, 5.41) is 8.83. The number of carbonyl (C=O) groups is 1. The zero-order valence-electron chi connectivity index (χ0n) is 11.8. The Morgan fingerprint density at radius 1 is 1.29 bits per heavy atom. The van der Waals surface area contributed by atoms with E-state index in [2.05, 4.69) is 13.8 Å². The Hall–Kier alpha value is -2.56. The van der Waals surface area contributed by atoms with E-state index in [1.165, 1.54) is 0 Å². The number of nitrogens with two attached hydrogens (primary N) is 1. The summed E-state index contributed by atoms with van der Waals surface area (Å²) < 4.78 is 19.2. The molecule has 3 N–H and O–H groups in total. The highest BCUT2D eigenvalue weighted by molar-refractivity contribution is 5.89. The first-order valence-electron chi connectivity index (χ1n) is 6.48. The standard InChI is InChI=1S/C16H16FNO3/c1-9(2)10-4-3-5-11(6-10)21-15-8-13(17)12(16(19)20)7-14(15)18/h3-9H,18H2,1-2H3,(H,19,20). The topological polar surface area (TPSA) is 72.5 Å². The van der Waals surface area contributed by atoms with Crippen molar-refractivity contribution in [3.05, 3.63) is 53.3 Å². The third kappa shape index (κ3) is 3.31. The van der Waals surface area contributed by atoms with E-state index in [0.29, 0.717) is 11.7 Å². The monoisotopic (exact) mass is 289 g/mol. The highest BCUT2D eigenvalue weighted by Gasteiger charge is 2.15. The minimum Gasteiger partial charge on any atom is -0.478 e. The van der Waals surface area contributed by atoms with Crippen LogP contribution >= 0.6 is 0 Å². The second kappa shape index (κ2) is 5.83. The van der Waals surface area contributed by atoms with Crippen LogP contribution in [0.2, 0.25) is 0 Å². The SMILES string of the molecule is CC(C)c1cccc(Oc2cc(F)c(C(=O)O)cc2N)c1. The van der Waals surface area contributed by atoms with Gasteiger partial charge in [0.2, 0.25) is 0 Å². The fourth-order valence-electron chi connectivity index (χ4n) is 1.89. The Balaban J connectivity index is 2.34. The summed E-state index contributed by atoms with van der Waals surface area (Å²) in [5.41, 5.74) is 6.39. The summed E-state index contributed by atoms with van der Waals surface area (Å²) in [6.45, 7) is 4.10. The smallest absolute Gasteiger partial charge is 0.338 e. The maximum Gasteiger partial charge on any atom is 0.338 e. The van der Waals surface area contributed by atoms with Crippen LogP contribution in [0.5, 0.6) is 11.5 Å². The van der Waals surface area contributed by atoms with Crippen molar-refractivity contribution in [2.24, 2.45) is 0 Å². The average Bonchev–Trinajstić information content (AvgIpc) is 2.42. The second-order valence-electron chi connectivity index (χ2n) is 5.00. The molecule has 0 amide bonds. The Bertz CT molecular complexity index is 683. The first-order valence-corrected chi connectivity index (χ1v) is 6.48. The lowest BCUT2D eigenvalue weighted by Crippen LogP contribution is -2.03. The lowest BCUT2D eigenvalue weighted by molar-refractivity contribution is 0.0692. The molecule has 0 spiro atoms. The fraction of sp³-hybridized carbons (Fsp3) is 0.188. The molecular weight excluding hydrogens is 273 g/mol. The Morgan fingerprint density at radius 3 is 2.62 bits per heavy atom. The highest BCUT2D eigenvalue weighted by atomic mass is 19.1. The molecule has 2 aromatic rings. The zero-order valence-corrected chi connectivity index (χ0v) is 11.8. The molecule has 0 atom stereocenters. The molecule has 2 aromatic carbocycles. The maximum atomic E-state index is 13.7. The number of hydrogen-bond donors (Lipinski definition) is 2. The van der Waals surface area contributed by atoms with Crippen LogP contribution in [0.4, 0.5) is 10.1 Å². The molecule has 0 aromatic heterocycles. The summed E-state index contributed by atoms with van der Waals surface area (Å²) >= 11 is 0. The Labute approximate surface area is 122 Å². The summed E-state index contributed by atoms with van der Waals surface area (Å²) in [6, 6.07) is 9.42.